The Morgan fingerprint density at radius 1 is 1.45 bits per heavy atom. The Balaban J connectivity index is 1.96. The van der Waals surface area contributed by atoms with Crippen LogP contribution in [0.5, 0.6) is 0 Å². The predicted octanol–water partition coefficient (Wildman–Crippen LogP) is 3.00. The molecule has 1 fully saturated rings. The summed E-state index contributed by atoms with van der Waals surface area (Å²) < 4.78 is 0. The molecule has 1 heterocycles. The van der Waals surface area contributed by atoms with Crippen LogP contribution in [0.15, 0.2) is 24.3 Å². The van der Waals surface area contributed by atoms with Crippen molar-refractivity contribution < 1.29 is 4.79 Å². The molecule has 1 aromatic rings. The maximum absolute atomic E-state index is 11.9. The molecule has 2 rings (SSSR count). The number of carbonyl (C=O) groups is 1. The van der Waals surface area contributed by atoms with E-state index in [-0.39, 0.29) is 5.91 Å². The average Bonchev–Trinajstić information content (AvgIpc) is 2.92. The number of hydrogen-bond acceptors (Lipinski definition) is 2. The van der Waals surface area contributed by atoms with Crippen molar-refractivity contribution in [2.45, 2.75) is 39.2 Å². The molecule has 0 bridgehead atoms. The van der Waals surface area contributed by atoms with E-state index in [1.165, 1.54) is 24.0 Å². The maximum Gasteiger partial charge on any atom is 0.223 e. The van der Waals surface area contributed by atoms with Crippen LogP contribution in [-0.4, -0.2) is 42.4 Å². The molecule has 1 amide bonds. The zero-order valence-corrected chi connectivity index (χ0v) is 12.9. The summed E-state index contributed by atoms with van der Waals surface area (Å²) in [5, 5.41) is 0. The normalized spacial score (nSPS) is 19.2. The Kier molecular flexibility index (Phi) is 5.18. The number of aryl methyl sites for hydroxylation is 1. The number of benzene rings is 1. The van der Waals surface area contributed by atoms with Gasteiger partial charge in [-0.25, -0.2) is 0 Å². The van der Waals surface area contributed by atoms with Gasteiger partial charge < -0.3 is 4.90 Å². The molecule has 20 heavy (non-hydrogen) atoms. The first-order valence-electron chi connectivity index (χ1n) is 7.66. The Morgan fingerprint density at radius 3 is 2.95 bits per heavy atom. The van der Waals surface area contributed by atoms with Crippen LogP contribution in [0.2, 0.25) is 0 Å². The number of hydrogen-bond donors (Lipinski definition) is 0. The number of amides is 1. The Labute approximate surface area is 122 Å². The van der Waals surface area contributed by atoms with Gasteiger partial charge in [-0.2, -0.15) is 0 Å². The zero-order valence-electron chi connectivity index (χ0n) is 12.9. The van der Waals surface area contributed by atoms with Gasteiger partial charge in [-0.3, -0.25) is 9.69 Å². The number of rotatable bonds is 5. The van der Waals surface area contributed by atoms with Gasteiger partial charge in [-0.05, 0) is 38.8 Å². The Morgan fingerprint density at radius 2 is 2.25 bits per heavy atom. The smallest absolute Gasteiger partial charge is 0.223 e. The minimum Gasteiger partial charge on any atom is -0.346 e. The van der Waals surface area contributed by atoms with E-state index in [0.717, 1.165) is 19.6 Å². The number of nitrogens with zero attached hydrogens (tertiary/aromatic N) is 2. The van der Waals surface area contributed by atoms with Crippen molar-refractivity contribution in [3.63, 3.8) is 0 Å². The highest BCUT2D eigenvalue weighted by Gasteiger charge is 2.26. The summed E-state index contributed by atoms with van der Waals surface area (Å²) >= 11 is 0. The van der Waals surface area contributed by atoms with E-state index in [4.69, 9.17) is 0 Å². The molecular weight excluding hydrogens is 248 g/mol. The third-order valence-corrected chi connectivity index (χ3v) is 4.30. The third-order valence-electron chi connectivity index (χ3n) is 4.30. The lowest BCUT2D eigenvalue weighted by atomic mass is 10.0. The van der Waals surface area contributed by atoms with Gasteiger partial charge in [-0.1, -0.05) is 29.8 Å². The minimum atomic E-state index is 0.252. The first-order chi connectivity index (χ1) is 9.61. The molecule has 0 spiro atoms. The van der Waals surface area contributed by atoms with Gasteiger partial charge in [0, 0.05) is 32.6 Å². The second-order valence-electron chi connectivity index (χ2n) is 5.77. The van der Waals surface area contributed by atoms with Gasteiger partial charge >= 0.3 is 0 Å². The highest BCUT2D eigenvalue weighted by Crippen LogP contribution is 2.32. The number of likely N-dealkylation sites (tertiary alicyclic amines) is 1. The quantitative estimate of drug-likeness (QED) is 0.824. The fourth-order valence-electron chi connectivity index (χ4n) is 2.96. The SMILES string of the molecule is CCN(C)C(=O)CCN1CCCC1c1cccc(C)c1. The molecule has 1 atom stereocenters. The second kappa shape index (κ2) is 6.89. The predicted molar refractivity (Wildman–Crippen MR) is 82.7 cm³/mol. The van der Waals surface area contributed by atoms with Crippen LogP contribution in [0.1, 0.15) is 43.4 Å². The topological polar surface area (TPSA) is 23.6 Å². The van der Waals surface area contributed by atoms with Crippen molar-refractivity contribution in [2.24, 2.45) is 0 Å². The largest absolute Gasteiger partial charge is 0.346 e. The second-order valence-corrected chi connectivity index (χ2v) is 5.77. The molecule has 0 saturated carbocycles. The molecular formula is C17H26N2O. The lowest BCUT2D eigenvalue weighted by Crippen LogP contribution is -2.32. The van der Waals surface area contributed by atoms with Gasteiger partial charge in [0.15, 0.2) is 0 Å². The molecule has 1 aliphatic heterocycles. The van der Waals surface area contributed by atoms with E-state index < -0.39 is 0 Å². The Hall–Kier alpha value is -1.35. The molecule has 0 N–H and O–H groups in total. The Bertz CT molecular complexity index is 458. The molecule has 1 saturated heterocycles. The molecule has 3 nitrogen and oxygen atoms in total. The van der Waals surface area contributed by atoms with Crippen molar-refractivity contribution in [2.75, 3.05) is 26.7 Å². The summed E-state index contributed by atoms with van der Waals surface area (Å²) in [5.41, 5.74) is 2.72. The molecule has 110 valence electrons. The molecule has 1 aliphatic rings. The molecule has 3 heteroatoms. The average molecular weight is 274 g/mol. The van der Waals surface area contributed by atoms with Crippen LogP contribution < -0.4 is 0 Å². The summed E-state index contributed by atoms with van der Waals surface area (Å²) in [6, 6.07) is 9.27. The minimum absolute atomic E-state index is 0.252. The first-order valence-corrected chi connectivity index (χ1v) is 7.66. The summed E-state index contributed by atoms with van der Waals surface area (Å²) in [6.45, 7) is 6.94. The highest BCUT2D eigenvalue weighted by molar-refractivity contribution is 5.75. The summed E-state index contributed by atoms with van der Waals surface area (Å²) in [7, 11) is 1.88. The number of carbonyl (C=O) groups excluding carboxylic acids is 1. The van der Waals surface area contributed by atoms with Gasteiger partial charge in [0.2, 0.25) is 5.91 Å². The fourth-order valence-corrected chi connectivity index (χ4v) is 2.96. The van der Waals surface area contributed by atoms with Crippen molar-refractivity contribution in [3.8, 4) is 0 Å². The van der Waals surface area contributed by atoms with Crippen molar-refractivity contribution in [3.05, 3.63) is 35.4 Å². The van der Waals surface area contributed by atoms with Crippen molar-refractivity contribution in [1.29, 1.82) is 0 Å². The van der Waals surface area contributed by atoms with Crippen LogP contribution in [0, 0.1) is 6.92 Å². The highest BCUT2D eigenvalue weighted by atomic mass is 16.2. The van der Waals surface area contributed by atoms with Crippen molar-refractivity contribution >= 4 is 5.91 Å². The van der Waals surface area contributed by atoms with Crippen LogP contribution in [0.25, 0.3) is 0 Å². The van der Waals surface area contributed by atoms with Gasteiger partial charge in [0.05, 0.1) is 0 Å². The van der Waals surface area contributed by atoms with Crippen LogP contribution >= 0.6 is 0 Å². The van der Waals surface area contributed by atoms with E-state index in [9.17, 15) is 4.79 Å². The summed E-state index contributed by atoms with van der Waals surface area (Å²) in [6.07, 6.45) is 3.07. The van der Waals surface area contributed by atoms with E-state index in [0.29, 0.717) is 12.5 Å². The lowest BCUT2D eigenvalue weighted by Gasteiger charge is -2.25. The first kappa shape index (κ1) is 15.0. The van der Waals surface area contributed by atoms with Gasteiger partial charge in [0.1, 0.15) is 0 Å². The molecule has 1 aromatic carbocycles. The summed E-state index contributed by atoms with van der Waals surface area (Å²) in [5.74, 6) is 0.252. The molecule has 0 aliphatic carbocycles. The summed E-state index contributed by atoms with van der Waals surface area (Å²) in [4.78, 5) is 16.2. The van der Waals surface area contributed by atoms with Crippen LogP contribution in [-0.2, 0) is 4.79 Å². The standard InChI is InChI=1S/C17H26N2O/c1-4-18(3)17(20)10-12-19-11-6-9-16(19)15-8-5-7-14(2)13-15/h5,7-8,13,16H,4,6,9-12H2,1-3H3. The van der Waals surface area contributed by atoms with E-state index >= 15 is 0 Å². The molecule has 0 aromatic heterocycles. The van der Waals surface area contributed by atoms with Crippen molar-refractivity contribution in [1.82, 2.24) is 9.80 Å². The molecule has 0 radical (unpaired) electrons. The lowest BCUT2D eigenvalue weighted by molar-refractivity contribution is -0.130. The fraction of sp³-hybridized carbons (Fsp3) is 0.588. The van der Waals surface area contributed by atoms with E-state index in [1.54, 1.807) is 4.90 Å². The van der Waals surface area contributed by atoms with E-state index in [2.05, 4.69) is 36.1 Å². The zero-order chi connectivity index (χ0) is 14.5. The van der Waals surface area contributed by atoms with Crippen LogP contribution in [0.4, 0.5) is 0 Å². The van der Waals surface area contributed by atoms with E-state index in [1.807, 2.05) is 14.0 Å². The monoisotopic (exact) mass is 274 g/mol. The molecule has 1 unspecified atom stereocenters. The third kappa shape index (κ3) is 3.60. The van der Waals surface area contributed by atoms with Gasteiger partial charge in [-0.15, -0.1) is 0 Å². The van der Waals surface area contributed by atoms with Gasteiger partial charge in [0.25, 0.3) is 0 Å². The maximum atomic E-state index is 11.9. The van der Waals surface area contributed by atoms with Crippen LogP contribution in [0.3, 0.4) is 0 Å².